The van der Waals surface area contributed by atoms with Gasteiger partial charge in [0.2, 0.25) is 10.0 Å². The molecule has 1 aliphatic heterocycles. The molecule has 1 aliphatic carbocycles. The molecular formula is C17H23NO5S. The van der Waals surface area contributed by atoms with Crippen molar-refractivity contribution >= 4 is 16.0 Å². The van der Waals surface area contributed by atoms with Crippen molar-refractivity contribution in [2.24, 2.45) is 11.8 Å². The van der Waals surface area contributed by atoms with Crippen LogP contribution in [0.15, 0.2) is 30.3 Å². The van der Waals surface area contributed by atoms with Gasteiger partial charge in [0.25, 0.3) is 0 Å². The Balaban J connectivity index is 1.71. The summed E-state index contributed by atoms with van der Waals surface area (Å²) >= 11 is 0. The number of fused-ring (bicyclic) bond motifs is 1. The number of hydrogen-bond donors (Lipinski definition) is 1. The van der Waals surface area contributed by atoms with E-state index in [1.807, 2.05) is 30.3 Å². The number of benzene rings is 1. The maximum absolute atomic E-state index is 12.0. The molecule has 1 heterocycles. The van der Waals surface area contributed by atoms with E-state index in [1.165, 1.54) is 0 Å². The average Bonchev–Trinajstić information content (AvgIpc) is 2.94. The predicted octanol–water partition coefficient (Wildman–Crippen LogP) is 1.89. The van der Waals surface area contributed by atoms with Crippen molar-refractivity contribution in [2.75, 3.05) is 19.4 Å². The number of ether oxygens (including phenoxy) is 1. The fourth-order valence-corrected chi connectivity index (χ4v) is 5.10. The Bertz CT molecular complexity index is 690. The molecule has 4 atom stereocenters. The van der Waals surface area contributed by atoms with Crippen molar-refractivity contribution in [3.8, 4) is 0 Å². The number of carboxylic acid groups (broad SMARTS) is 1. The van der Waals surface area contributed by atoms with Crippen LogP contribution in [0.5, 0.6) is 0 Å². The lowest BCUT2D eigenvalue weighted by Crippen LogP contribution is -2.41. The van der Waals surface area contributed by atoms with Crippen LogP contribution in [0.2, 0.25) is 0 Å². The highest BCUT2D eigenvalue weighted by Crippen LogP contribution is 2.45. The second-order valence-corrected chi connectivity index (χ2v) is 8.75. The zero-order valence-electron chi connectivity index (χ0n) is 13.7. The highest BCUT2D eigenvalue weighted by molar-refractivity contribution is 7.88. The van der Waals surface area contributed by atoms with Crippen LogP contribution >= 0.6 is 0 Å². The Hall–Kier alpha value is -1.44. The molecule has 24 heavy (non-hydrogen) atoms. The van der Waals surface area contributed by atoms with Crippen molar-refractivity contribution in [3.05, 3.63) is 35.9 Å². The number of rotatable bonds is 5. The maximum atomic E-state index is 12.0. The SMILES string of the molecule is CS(=O)(=O)N(CC(=O)O)[C@@H]1C[C@@H]2CO[C@H](c3ccccc3)C[C@@H]2C1. The lowest BCUT2D eigenvalue weighted by atomic mass is 9.86. The molecule has 0 aromatic heterocycles. The molecule has 7 heteroatoms. The summed E-state index contributed by atoms with van der Waals surface area (Å²) < 4.78 is 31.1. The second kappa shape index (κ2) is 6.82. The standard InChI is InChI=1S/C17H23NO5S/c1-24(21,22)18(10-17(19)20)15-7-13-9-16(23-11-14(13)8-15)12-5-3-2-4-6-12/h2-6,13-16H,7-11H2,1H3,(H,19,20)/t13-,14+,15-,16-/m0/s1. The van der Waals surface area contributed by atoms with Crippen LogP contribution < -0.4 is 0 Å². The molecule has 3 rings (SSSR count). The Morgan fingerprint density at radius 1 is 1.21 bits per heavy atom. The minimum Gasteiger partial charge on any atom is -0.480 e. The Morgan fingerprint density at radius 3 is 2.50 bits per heavy atom. The highest BCUT2D eigenvalue weighted by atomic mass is 32.2. The molecular weight excluding hydrogens is 330 g/mol. The first-order valence-electron chi connectivity index (χ1n) is 8.19. The van der Waals surface area contributed by atoms with Gasteiger partial charge in [0.05, 0.1) is 19.0 Å². The van der Waals surface area contributed by atoms with E-state index in [9.17, 15) is 13.2 Å². The average molecular weight is 353 g/mol. The van der Waals surface area contributed by atoms with Crippen LogP contribution in [0.1, 0.15) is 30.9 Å². The van der Waals surface area contributed by atoms with E-state index >= 15 is 0 Å². The molecule has 0 radical (unpaired) electrons. The van der Waals surface area contributed by atoms with Gasteiger partial charge < -0.3 is 9.84 Å². The van der Waals surface area contributed by atoms with E-state index in [0.717, 1.165) is 22.5 Å². The molecule has 6 nitrogen and oxygen atoms in total. The first kappa shape index (κ1) is 17.4. The molecule has 0 bridgehead atoms. The molecule has 2 aliphatic rings. The maximum Gasteiger partial charge on any atom is 0.318 e. The molecule has 1 aromatic carbocycles. The van der Waals surface area contributed by atoms with Gasteiger partial charge in [-0.1, -0.05) is 30.3 Å². The predicted molar refractivity (Wildman–Crippen MR) is 88.9 cm³/mol. The Labute approximate surface area is 142 Å². The molecule has 0 amide bonds. The summed E-state index contributed by atoms with van der Waals surface area (Å²) in [5.74, 6) is -0.450. The number of sulfonamides is 1. The third-order valence-corrected chi connectivity index (χ3v) is 6.42. The minimum atomic E-state index is -3.54. The first-order chi connectivity index (χ1) is 11.3. The largest absolute Gasteiger partial charge is 0.480 e. The summed E-state index contributed by atoms with van der Waals surface area (Å²) in [4.78, 5) is 11.0. The molecule has 1 N–H and O–H groups in total. The summed E-state index contributed by atoms with van der Waals surface area (Å²) in [5.41, 5.74) is 1.14. The van der Waals surface area contributed by atoms with Crippen LogP contribution in [0.4, 0.5) is 0 Å². The number of carbonyl (C=O) groups is 1. The second-order valence-electron chi connectivity index (χ2n) is 6.82. The van der Waals surface area contributed by atoms with Crippen molar-refractivity contribution in [1.29, 1.82) is 0 Å². The van der Waals surface area contributed by atoms with Gasteiger partial charge in [-0.2, -0.15) is 4.31 Å². The molecule has 1 aromatic rings. The van der Waals surface area contributed by atoms with Gasteiger partial charge in [0.15, 0.2) is 0 Å². The fourth-order valence-electron chi connectivity index (χ4n) is 4.04. The van der Waals surface area contributed by atoms with Gasteiger partial charge in [-0.05, 0) is 36.7 Å². The molecule has 1 saturated carbocycles. The molecule has 2 fully saturated rings. The zero-order valence-corrected chi connectivity index (χ0v) is 14.5. The summed E-state index contributed by atoms with van der Waals surface area (Å²) in [5, 5.41) is 9.03. The van der Waals surface area contributed by atoms with Crippen LogP contribution in [-0.2, 0) is 19.6 Å². The number of nitrogens with zero attached hydrogens (tertiary/aromatic N) is 1. The highest BCUT2D eigenvalue weighted by Gasteiger charge is 2.44. The van der Waals surface area contributed by atoms with Crippen LogP contribution in [0, 0.1) is 11.8 Å². The monoisotopic (exact) mass is 353 g/mol. The van der Waals surface area contributed by atoms with E-state index in [-0.39, 0.29) is 12.1 Å². The zero-order chi connectivity index (χ0) is 17.3. The van der Waals surface area contributed by atoms with Crippen molar-refractivity contribution in [1.82, 2.24) is 4.31 Å². The van der Waals surface area contributed by atoms with E-state index in [2.05, 4.69) is 0 Å². The van der Waals surface area contributed by atoms with E-state index in [0.29, 0.717) is 31.3 Å². The lowest BCUT2D eigenvalue weighted by Gasteiger charge is -2.32. The first-order valence-corrected chi connectivity index (χ1v) is 10.0. The summed E-state index contributed by atoms with van der Waals surface area (Å²) in [6, 6.07) is 9.79. The third kappa shape index (κ3) is 3.79. The topological polar surface area (TPSA) is 83.9 Å². The van der Waals surface area contributed by atoms with E-state index < -0.39 is 22.5 Å². The molecule has 132 valence electrons. The van der Waals surface area contributed by atoms with Gasteiger partial charge in [-0.15, -0.1) is 0 Å². The molecule has 0 unspecified atom stereocenters. The van der Waals surface area contributed by atoms with Crippen molar-refractivity contribution in [2.45, 2.75) is 31.4 Å². The van der Waals surface area contributed by atoms with Gasteiger partial charge in [-0.25, -0.2) is 8.42 Å². The quantitative estimate of drug-likeness (QED) is 0.874. The third-order valence-electron chi connectivity index (χ3n) is 5.14. The fraction of sp³-hybridized carbons (Fsp3) is 0.588. The van der Waals surface area contributed by atoms with E-state index in [1.54, 1.807) is 0 Å². The van der Waals surface area contributed by atoms with Crippen molar-refractivity contribution in [3.63, 3.8) is 0 Å². The number of hydrogen-bond acceptors (Lipinski definition) is 4. The normalized spacial score (nSPS) is 30.2. The van der Waals surface area contributed by atoms with Gasteiger partial charge in [0.1, 0.15) is 6.54 Å². The molecule has 0 spiro atoms. The summed E-state index contributed by atoms with van der Waals surface area (Å²) in [6.45, 7) is 0.136. The van der Waals surface area contributed by atoms with E-state index in [4.69, 9.17) is 9.84 Å². The van der Waals surface area contributed by atoms with Crippen LogP contribution in [0.25, 0.3) is 0 Å². The Morgan fingerprint density at radius 2 is 1.88 bits per heavy atom. The lowest BCUT2D eigenvalue weighted by molar-refractivity contribution is -0.137. The van der Waals surface area contributed by atoms with Gasteiger partial charge in [0, 0.05) is 6.04 Å². The Kier molecular flexibility index (Phi) is 4.94. The van der Waals surface area contributed by atoms with Crippen LogP contribution in [0.3, 0.4) is 0 Å². The van der Waals surface area contributed by atoms with Crippen LogP contribution in [-0.4, -0.2) is 49.2 Å². The number of aliphatic carboxylic acids is 1. The van der Waals surface area contributed by atoms with Gasteiger partial charge >= 0.3 is 5.97 Å². The number of carboxylic acids is 1. The smallest absolute Gasteiger partial charge is 0.318 e. The minimum absolute atomic E-state index is 0.0392. The summed E-state index contributed by atoms with van der Waals surface area (Å²) in [6.07, 6.45) is 3.36. The molecule has 1 saturated heterocycles. The van der Waals surface area contributed by atoms with Crippen molar-refractivity contribution < 1.29 is 23.1 Å². The summed E-state index contributed by atoms with van der Waals surface area (Å²) in [7, 11) is -3.54. The van der Waals surface area contributed by atoms with Gasteiger partial charge in [-0.3, -0.25) is 4.79 Å².